The smallest absolute Gasteiger partial charge is 0.337 e. The molecule has 2 aromatic rings. The quantitative estimate of drug-likeness (QED) is 0.824. The summed E-state index contributed by atoms with van der Waals surface area (Å²) >= 11 is 0. The second kappa shape index (κ2) is 5.88. The molecule has 1 heterocycles. The van der Waals surface area contributed by atoms with Crippen molar-refractivity contribution in [2.45, 2.75) is 23.3 Å². The number of carboxylic acids is 1. The van der Waals surface area contributed by atoms with Gasteiger partial charge >= 0.3 is 5.97 Å². The average molecular weight is 348 g/mol. The normalized spacial score (nSPS) is 15.7. The van der Waals surface area contributed by atoms with Gasteiger partial charge in [-0.05, 0) is 25.0 Å². The van der Waals surface area contributed by atoms with Crippen LogP contribution in [-0.4, -0.2) is 31.6 Å². The number of methoxy groups -OCH3 is 1. The number of pyridine rings is 1. The fourth-order valence-corrected chi connectivity index (χ4v) is 4.02. The summed E-state index contributed by atoms with van der Waals surface area (Å²) in [5.74, 6) is -0.625. The fraction of sp³-hybridized carbons (Fsp3) is 0.250. The first-order valence-corrected chi connectivity index (χ1v) is 8.72. The Hall–Kier alpha value is -2.45. The maximum Gasteiger partial charge on any atom is 0.337 e. The predicted octanol–water partition coefficient (Wildman–Crippen LogP) is 1.76. The van der Waals surface area contributed by atoms with E-state index in [1.165, 1.54) is 7.11 Å². The third-order valence-corrected chi connectivity index (χ3v) is 5.48. The third kappa shape index (κ3) is 2.98. The monoisotopic (exact) mass is 348 g/mol. The molecule has 7 nitrogen and oxygen atoms in total. The molecule has 1 aliphatic carbocycles. The van der Waals surface area contributed by atoms with Crippen LogP contribution in [0.1, 0.15) is 28.8 Å². The zero-order valence-corrected chi connectivity index (χ0v) is 13.7. The second-order valence-electron chi connectivity index (χ2n) is 5.60. The van der Waals surface area contributed by atoms with Crippen LogP contribution in [-0.2, 0) is 15.6 Å². The topological polar surface area (TPSA) is 106 Å². The van der Waals surface area contributed by atoms with Gasteiger partial charge in [-0.1, -0.05) is 18.2 Å². The SMILES string of the molecule is COc1ccccc1C1(NS(=O)(=O)c2cncc(C(=O)O)c2)CC1. The Morgan fingerprint density at radius 2 is 2.00 bits per heavy atom. The van der Waals surface area contributed by atoms with E-state index >= 15 is 0 Å². The summed E-state index contributed by atoms with van der Waals surface area (Å²) in [5.41, 5.74) is -0.150. The number of carbonyl (C=O) groups is 1. The molecule has 1 aliphatic rings. The van der Waals surface area contributed by atoms with Crippen LogP contribution < -0.4 is 9.46 Å². The van der Waals surface area contributed by atoms with E-state index in [1.54, 1.807) is 6.07 Å². The van der Waals surface area contributed by atoms with Gasteiger partial charge in [0.25, 0.3) is 0 Å². The van der Waals surface area contributed by atoms with Crippen LogP contribution in [0.5, 0.6) is 5.75 Å². The van der Waals surface area contributed by atoms with E-state index < -0.39 is 21.5 Å². The minimum absolute atomic E-state index is 0.177. The second-order valence-corrected chi connectivity index (χ2v) is 7.28. The van der Waals surface area contributed by atoms with E-state index in [-0.39, 0.29) is 10.5 Å². The van der Waals surface area contributed by atoms with Gasteiger partial charge in [-0.2, -0.15) is 0 Å². The average Bonchev–Trinajstić information content (AvgIpc) is 3.34. The molecule has 0 amide bonds. The van der Waals surface area contributed by atoms with Crippen molar-refractivity contribution in [2.75, 3.05) is 7.11 Å². The van der Waals surface area contributed by atoms with Gasteiger partial charge < -0.3 is 9.84 Å². The van der Waals surface area contributed by atoms with Crippen molar-refractivity contribution in [3.05, 3.63) is 53.9 Å². The number of ether oxygens (including phenoxy) is 1. The van der Waals surface area contributed by atoms with Crippen LogP contribution in [0.3, 0.4) is 0 Å². The maximum atomic E-state index is 12.7. The largest absolute Gasteiger partial charge is 0.496 e. The number of benzene rings is 1. The number of hydrogen-bond donors (Lipinski definition) is 2. The summed E-state index contributed by atoms with van der Waals surface area (Å²) in [7, 11) is -2.38. The molecular formula is C16H16N2O5S. The van der Waals surface area contributed by atoms with Crippen molar-refractivity contribution in [3.8, 4) is 5.75 Å². The molecule has 2 N–H and O–H groups in total. The lowest BCUT2D eigenvalue weighted by atomic mass is 10.1. The number of carboxylic acid groups (broad SMARTS) is 1. The number of hydrogen-bond acceptors (Lipinski definition) is 5. The third-order valence-electron chi connectivity index (χ3n) is 3.97. The fourth-order valence-electron chi connectivity index (χ4n) is 2.59. The van der Waals surface area contributed by atoms with Crippen molar-refractivity contribution >= 4 is 16.0 Å². The number of aromatic nitrogens is 1. The van der Waals surface area contributed by atoms with Gasteiger partial charge in [0.2, 0.25) is 10.0 Å². The predicted molar refractivity (Wildman–Crippen MR) is 85.4 cm³/mol. The van der Waals surface area contributed by atoms with E-state index in [2.05, 4.69) is 9.71 Å². The number of nitrogens with zero attached hydrogens (tertiary/aromatic N) is 1. The van der Waals surface area contributed by atoms with Crippen molar-refractivity contribution in [3.63, 3.8) is 0 Å². The van der Waals surface area contributed by atoms with Crippen LogP contribution >= 0.6 is 0 Å². The first-order valence-electron chi connectivity index (χ1n) is 7.24. The number of rotatable bonds is 6. The highest BCUT2D eigenvalue weighted by Crippen LogP contribution is 2.49. The molecule has 0 atom stereocenters. The highest BCUT2D eigenvalue weighted by atomic mass is 32.2. The van der Waals surface area contributed by atoms with Gasteiger partial charge in [0.15, 0.2) is 0 Å². The number of nitrogens with one attached hydrogen (secondary N) is 1. The lowest BCUT2D eigenvalue weighted by Gasteiger charge is -2.20. The minimum Gasteiger partial charge on any atom is -0.496 e. The van der Waals surface area contributed by atoms with E-state index in [9.17, 15) is 13.2 Å². The molecule has 8 heteroatoms. The Morgan fingerprint density at radius 3 is 2.62 bits per heavy atom. The Labute approximate surface area is 139 Å². The molecule has 0 spiro atoms. The minimum atomic E-state index is -3.92. The van der Waals surface area contributed by atoms with Crippen LogP contribution in [0, 0.1) is 0 Å². The number of aromatic carboxylic acids is 1. The van der Waals surface area contributed by atoms with Gasteiger partial charge in [-0.15, -0.1) is 0 Å². The molecule has 0 bridgehead atoms. The molecule has 24 heavy (non-hydrogen) atoms. The molecule has 1 aromatic carbocycles. The standard InChI is InChI=1S/C16H16N2O5S/c1-23-14-5-3-2-4-13(14)16(6-7-16)18-24(21,22)12-8-11(15(19)20)9-17-10-12/h2-5,8-10,18H,6-7H2,1H3,(H,19,20). The van der Waals surface area contributed by atoms with Crippen molar-refractivity contribution < 1.29 is 23.1 Å². The number of para-hydroxylation sites is 1. The molecule has 1 aromatic heterocycles. The van der Waals surface area contributed by atoms with E-state index in [0.29, 0.717) is 18.6 Å². The van der Waals surface area contributed by atoms with Gasteiger partial charge in [0.05, 0.1) is 18.2 Å². The summed E-state index contributed by atoms with van der Waals surface area (Å²) in [5, 5.41) is 8.99. The first-order chi connectivity index (χ1) is 11.4. The van der Waals surface area contributed by atoms with E-state index in [4.69, 9.17) is 9.84 Å². The Kier molecular flexibility index (Phi) is 4.02. The van der Waals surface area contributed by atoms with E-state index in [1.807, 2.05) is 18.2 Å². The van der Waals surface area contributed by atoms with Crippen LogP contribution in [0.4, 0.5) is 0 Å². The van der Waals surface area contributed by atoms with Gasteiger partial charge in [-0.25, -0.2) is 17.9 Å². The summed E-state index contributed by atoms with van der Waals surface area (Å²) < 4.78 is 33.3. The zero-order chi connectivity index (χ0) is 17.4. The molecule has 1 fully saturated rings. The molecule has 0 saturated heterocycles. The molecular weight excluding hydrogens is 332 g/mol. The number of sulfonamides is 1. The Morgan fingerprint density at radius 1 is 1.29 bits per heavy atom. The summed E-state index contributed by atoms with van der Waals surface area (Å²) in [6, 6.07) is 8.32. The van der Waals surface area contributed by atoms with E-state index in [0.717, 1.165) is 24.0 Å². The van der Waals surface area contributed by atoms with Gasteiger partial charge in [0.1, 0.15) is 10.6 Å². The van der Waals surface area contributed by atoms with Crippen molar-refractivity contribution in [1.82, 2.24) is 9.71 Å². The summed E-state index contributed by atoms with van der Waals surface area (Å²) in [6.07, 6.45) is 3.51. The zero-order valence-electron chi connectivity index (χ0n) is 12.9. The molecule has 0 radical (unpaired) electrons. The van der Waals surface area contributed by atoms with Gasteiger partial charge in [-0.3, -0.25) is 4.98 Å². The maximum absolute atomic E-state index is 12.7. The highest BCUT2D eigenvalue weighted by molar-refractivity contribution is 7.89. The van der Waals surface area contributed by atoms with Crippen LogP contribution in [0.25, 0.3) is 0 Å². The highest BCUT2D eigenvalue weighted by Gasteiger charge is 2.49. The van der Waals surface area contributed by atoms with Crippen molar-refractivity contribution in [2.24, 2.45) is 0 Å². The lowest BCUT2D eigenvalue weighted by molar-refractivity contribution is 0.0696. The molecule has 0 unspecified atom stereocenters. The van der Waals surface area contributed by atoms with Gasteiger partial charge in [0, 0.05) is 18.0 Å². The summed E-state index contributed by atoms with van der Waals surface area (Å²) in [6.45, 7) is 0. The Bertz CT molecular complexity index is 891. The van der Waals surface area contributed by atoms with Crippen LogP contribution in [0.2, 0.25) is 0 Å². The van der Waals surface area contributed by atoms with Crippen LogP contribution in [0.15, 0.2) is 47.6 Å². The molecule has 0 aliphatic heterocycles. The summed E-state index contributed by atoms with van der Waals surface area (Å²) in [4.78, 5) is 14.5. The molecule has 1 saturated carbocycles. The van der Waals surface area contributed by atoms with Crippen molar-refractivity contribution in [1.29, 1.82) is 0 Å². The first kappa shape index (κ1) is 16.4. The Balaban J connectivity index is 1.95. The molecule has 3 rings (SSSR count). The lowest BCUT2D eigenvalue weighted by Crippen LogP contribution is -2.35. The molecule has 126 valence electrons.